The zero-order valence-corrected chi connectivity index (χ0v) is 15.8. The zero-order chi connectivity index (χ0) is 18.4. The van der Waals surface area contributed by atoms with E-state index in [4.69, 9.17) is 10.3 Å². The van der Waals surface area contributed by atoms with Gasteiger partial charge in [-0.15, -0.1) is 0 Å². The summed E-state index contributed by atoms with van der Waals surface area (Å²) in [5.74, 6) is 0.276. The molecular formula is C19H28N4O2. The molecule has 1 saturated carbocycles. The molecule has 2 heterocycles. The van der Waals surface area contributed by atoms with Crippen LogP contribution in [0.25, 0.3) is 11.1 Å². The maximum absolute atomic E-state index is 13.0. The maximum atomic E-state index is 13.0. The van der Waals surface area contributed by atoms with Gasteiger partial charge in [0.2, 0.25) is 0 Å². The monoisotopic (exact) mass is 344 g/mol. The second-order valence-corrected chi connectivity index (χ2v) is 8.96. The number of nitrogens with two attached hydrogens (primary N) is 1. The number of pyridine rings is 1. The van der Waals surface area contributed by atoms with Gasteiger partial charge < -0.3 is 15.6 Å². The SMILES string of the molecule is CC(C)(C)Cc1noc2nc(C3CC3)cc(C(=O)NC(C)(C)CN)c12. The first-order valence-electron chi connectivity index (χ1n) is 8.91. The molecule has 2 aromatic heterocycles. The number of hydrogen-bond acceptors (Lipinski definition) is 5. The first kappa shape index (κ1) is 17.9. The maximum Gasteiger partial charge on any atom is 0.259 e. The Bertz CT molecular complexity index is 798. The van der Waals surface area contributed by atoms with Crippen LogP contribution in [0.2, 0.25) is 0 Å². The minimum atomic E-state index is -0.478. The summed E-state index contributed by atoms with van der Waals surface area (Å²) in [6, 6.07) is 1.91. The molecule has 0 aliphatic heterocycles. The lowest BCUT2D eigenvalue weighted by Gasteiger charge is -2.24. The van der Waals surface area contributed by atoms with Crippen molar-refractivity contribution >= 4 is 17.0 Å². The van der Waals surface area contributed by atoms with E-state index in [0.717, 1.165) is 29.6 Å². The van der Waals surface area contributed by atoms with Crippen molar-refractivity contribution in [3.8, 4) is 0 Å². The van der Waals surface area contributed by atoms with Crippen LogP contribution < -0.4 is 11.1 Å². The fraction of sp³-hybridized carbons (Fsp3) is 0.632. The second-order valence-electron chi connectivity index (χ2n) is 8.96. The van der Waals surface area contributed by atoms with E-state index in [9.17, 15) is 4.79 Å². The molecule has 6 heteroatoms. The van der Waals surface area contributed by atoms with Crippen LogP contribution in [0.15, 0.2) is 10.6 Å². The summed E-state index contributed by atoms with van der Waals surface area (Å²) in [5.41, 5.74) is 8.07. The van der Waals surface area contributed by atoms with Gasteiger partial charge in [0.05, 0.1) is 16.6 Å². The number of fused-ring (bicyclic) bond motifs is 1. The second kappa shape index (κ2) is 6.09. The standard InChI is InChI=1S/C19H28N4O2/c1-18(2,3)9-14-15-12(16(24)22-19(4,5)10-20)8-13(11-6-7-11)21-17(15)25-23-14/h8,11H,6-7,9-10,20H2,1-5H3,(H,22,24). The Morgan fingerprint density at radius 1 is 1.32 bits per heavy atom. The summed E-state index contributed by atoms with van der Waals surface area (Å²) in [6.07, 6.45) is 2.93. The predicted octanol–water partition coefficient (Wildman–Crippen LogP) is 3.16. The highest BCUT2D eigenvalue weighted by atomic mass is 16.5. The van der Waals surface area contributed by atoms with Gasteiger partial charge in [-0.25, -0.2) is 4.98 Å². The van der Waals surface area contributed by atoms with Gasteiger partial charge in [0.1, 0.15) is 0 Å². The molecule has 0 unspecified atom stereocenters. The summed E-state index contributed by atoms with van der Waals surface area (Å²) in [7, 11) is 0. The van der Waals surface area contributed by atoms with Crippen LogP contribution in [0.3, 0.4) is 0 Å². The van der Waals surface area contributed by atoms with Crippen LogP contribution in [0, 0.1) is 5.41 Å². The molecule has 0 bridgehead atoms. The van der Waals surface area contributed by atoms with Gasteiger partial charge in [-0.05, 0) is 44.6 Å². The lowest BCUT2D eigenvalue weighted by molar-refractivity contribution is 0.0917. The molecule has 2 aromatic rings. The molecule has 1 aliphatic carbocycles. The number of nitrogens with zero attached hydrogens (tertiary/aromatic N) is 2. The van der Waals surface area contributed by atoms with Crippen molar-refractivity contribution in [3.05, 3.63) is 23.0 Å². The highest BCUT2D eigenvalue weighted by Crippen LogP contribution is 2.41. The van der Waals surface area contributed by atoms with Crippen LogP contribution in [0.1, 0.15) is 75.1 Å². The van der Waals surface area contributed by atoms with Gasteiger partial charge >= 0.3 is 0 Å². The van der Waals surface area contributed by atoms with E-state index in [0.29, 0.717) is 30.2 Å². The van der Waals surface area contributed by atoms with Crippen LogP contribution >= 0.6 is 0 Å². The quantitative estimate of drug-likeness (QED) is 0.869. The molecule has 0 atom stereocenters. The number of carbonyl (C=O) groups excluding carboxylic acids is 1. The fourth-order valence-corrected chi connectivity index (χ4v) is 2.85. The molecule has 3 rings (SSSR count). The third-order valence-corrected chi connectivity index (χ3v) is 4.44. The lowest BCUT2D eigenvalue weighted by Crippen LogP contribution is -2.48. The molecular weight excluding hydrogens is 316 g/mol. The first-order valence-corrected chi connectivity index (χ1v) is 8.91. The van der Waals surface area contributed by atoms with Gasteiger partial charge in [-0.3, -0.25) is 4.79 Å². The molecule has 6 nitrogen and oxygen atoms in total. The topological polar surface area (TPSA) is 94.0 Å². The Labute approximate surface area is 148 Å². The van der Waals surface area contributed by atoms with Crippen LogP contribution in [0.4, 0.5) is 0 Å². The molecule has 0 saturated heterocycles. The van der Waals surface area contributed by atoms with Crippen molar-refractivity contribution in [2.75, 3.05) is 6.54 Å². The Balaban J connectivity index is 2.09. The van der Waals surface area contributed by atoms with E-state index in [1.807, 2.05) is 19.9 Å². The summed E-state index contributed by atoms with van der Waals surface area (Å²) in [5, 5.41) is 7.97. The van der Waals surface area contributed by atoms with E-state index in [1.54, 1.807) is 0 Å². The van der Waals surface area contributed by atoms with E-state index in [-0.39, 0.29) is 11.3 Å². The van der Waals surface area contributed by atoms with Crippen LogP contribution in [-0.4, -0.2) is 28.1 Å². The van der Waals surface area contributed by atoms with Gasteiger partial charge in [-0.1, -0.05) is 25.9 Å². The Morgan fingerprint density at radius 3 is 2.56 bits per heavy atom. The van der Waals surface area contributed by atoms with E-state index >= 15 is 0 Å². The summed E-state index contributed by atoms with van der Waals surface area (Å²) >= 11 is 0. The average Bonchev–Trinajstić information content (AvgIpc) is 3.28. The number of carbonyl (C=O) groups is 1. The molecule has 0 radical (unpaired) electrons. The van der Waals surface area contributed by atoms with Crippen molar-refractivity contribution in [3.63, 3.8) is 0 Å². The third-order valence-electron chi connectivity index (χ3n) is 4.44. The number of amides is 1. The molecule has 0 spiro atoms. The Kier molecular flexibility index (Phi) is 4.35. The largest absolute Gasteiger partial charge is 0.346 e. The molecule has 25 heavy (non-hydrogen) atoms. The van der Waals surface area contributed by atoms with Crippen molar-refractivity contribution < 1.29 is 9.32 Å². The Hall–Kier alpha value is -1.95. The molecule has 3 N–H and O–H groups in total. The molecule has 136 valence electrons. The number of hydrogen-bond donors (Lipinski definition) is 2. The normalized spacial score (nSPS) is 15.6. The van der Waals surface area contributed by atoms with Gasteiger partial charge in [0.15, 0.2) is 0 Å². The third kappa shape index (κ3) is 4.00. The Morgan fingerprint density at radius 2 is 2.00 bits per heavy atom. The van der Waals surface area contributed by atoms with Gasteiger partial charge in [0, 0.05) is 23.7 Å². The molecule has 0 aromatic carbocycles. The van der Waals surface area contributed by atoms with Gasteiger partial charge in [-0.2, -0.15) is 0 Å². The minimum Gasteiger partial charge on any atom is -0.346 e. The number of nitrogens with one attached hydrogen (secondary N) is 1. The summed E-state index contributed by atoms with van der Waals surface area (Å²) in [4.78, 5) is 17.6. The van der Waals surface area contributed by atoms with Crippen LogP contribution in [-0.2, 0) is 6.42 Å². The average molecular weight is 344 g/mol. The van der Waals surface area contributed by atoms with E-state index in [1.165, 1.54) is 0 Å². The zero-order valence-electron chi connectivity index (χ0n) is 15.8. The van der Waals surface area contributed by atoms with Crippen LogP contribution in [0.5, 0.6) is 0 Å². The fourth-order valence-electron chi connectivity index (χ4n) is 2.85. The highest BCUT2D eigenvalue weighted by molar-refractivity contribution is 6.06. The highest BCUT2D eigenvalue weighted by Gasteiger charge is 2.31. The van der Waals surface area contributed by atoms with Crippen molar-refractivity contribution in [2.45, 2.75) is 65.3 Å². The van der Waals surface area contributed by atoms with Crippen molar-refractivity contribution in [2.24, 2.45) is 11.1 Å². The van der Waals surface area contributed by atoms with Crippen molar-refractivity contribution in [1.82, 2.24) is 15.5 Å². The predicted molar refractivity (Wildman–Crippen MR) is 97.5 cm³/mol. The van der Waals surface area contributed by atoms with E-state index < -0.39 is 5.54 Å². The summed E-state index contributed by atoms with van der Waals surface area (Å²) < 4.78 is 5.50. The summed E-state index contributed by atoms with van der Waals surface area (Å²) in [6.45, 7) is 10.6. The van der Waals surface area contributed by atoms with E-state index in [2.05, 4.69) is 36.2 Å². The lowest BCUT2D eigenvalue weighted by atomic mass is 9.89. The smallest absolute Gasteiger partial charge is 0.259 e. The number of rotatable bonds is 5. The molecule has 1 aliphatic rings. The van der Waals surface area contributed by atoms with Gasteiger partial charge in [0.25, 0.3) is 11.6 Å². The number of aromatic nitrogens is 2. The minimum absolute atomic E-state index is 0.0310. The first-order chi connectivity index (χ1) is 11.6. The molecule has 1 fully saturated rings. The molecule has 1 amide bonds. The van der Waals surface area contributed by atoms with Crippen molar-refractivity contribution in [1.29, 1.82) is 0 Å².